The maximum absolute atomic E-state index is 6.32. The van der Waals surface area contributed by atoms with E-state index in [9.17, 15) is 0 Å². The van der Waals surface area contributed by atoms with E-state index in [0.717, 1.165) is 23.2 Å². The predicted molar refractivity (Wildman–Crippen MR) is 140 cm³/mol. The number of anilines is 3. The van der Waals surface area contributed by atoms with Gasteiger partial charge >= 0.3 is 0 Å². The van der Waals surface area contributed by atoms with Crippen LogP contribution in [0.15, 0.2) is 66.9 Å². The van der Waals surface area contributed by atoms with Gasteiger partial charge in [0.1, 0.15) is 5.82 Å². The van der Waals surface area contributed by atoms with Crippen LogP contribution in [0.1, 0.15) is 43.2 Å². The Morgan fingerprint density at radius 3 is 2.35 bits per heavy atom. The third-order valence-corrected chi connectivity index (χ3v) is 5.74. The van der Waals surface area contributed by atoms with E-state index >= 15 is 0 Å². The Labute approximate surface area is 201 Å². The van der Waals surface area contributed by atoms with Crippen molar-refractivity contribution in [1.82, 2.24) is 15.3 Å². The third-order valence-electron chi connectivity index (χ3n) is 5.74. The normalized spacial score (nSPS) is 14.1. The van der Waals surface area contributed by atoms with Crippen molar-refractivity contribution in [3.8, 4) is 5.88 Å². The number of benzene rings is 1. The molecule has 2 aromatic heterocycles. The average Bonchev–Trinajstić information content (AvgIpc) is 2.90. The number of hydrogen-bond acceptors (Lipinski definition) is 8. The van der Waals surface area contributed by atoms with Crippen molar-refractivity contribution in [1.29, 1.82) is 0 Å². The molecule has 8 nitrogen and oxygen atoms in total. The molecule has 0 bridgehead atoms. The lowest BCUT2D eigenvalue weighted by Gasteiger charge is -2.22. The Kier molecular flexibility index (Phi) is 9.69. The fourth-order valence-electron chi connectivity index (χ4n) is 4.00. The highest BCUT2D eigenvalue weighted by molar-refractivity contribution is 5.90. The van der Waals surface area contributed by atoms with E-state index in [1.54, 1.807) is 19.4 Å². The largest absolute Gasteiger partial charge is 0.481 e. The number of pyridine rings is 2. The van der Waals surface area contributed by atoms with Gasteiger partial charge in [-0.1, -0.05) is 61.7 Å². The van der Waals surface area contributed by atoms with Crippen molar-refractivity contribution < 1.29 is 4.74 Å². The van der Waals surface area contributed by atoms with E-state index in [0.29, 0.717) is 29.2 Å². The number of nitrogens with one attached hydrogen (secondary N) is 2. The SMILES string of the molecule is COc1cc(/C(=C\CNC2CCCCC2)c2cc(N)nc(NN)c2N)ccn1.c1ccccc1. The second-order valence-corrected chi connectivity index (χ2v) is 8.10. The number of aromatic nitrogens is 2. The van der Waals surface area contributed by atoms with E-state index in [-0.39, 0.29) is 0 Å². The van der Waals surface area contributed by atoms with E-state index in [2.05, 4.69) is 26.8 Å². The van der Waals surface area contributed by atoms with Crippen molar-refractivity contribution in [3.05, 3.63) is 78.0 Å². The van der Waals surface area contributed by atoms with Gasteiger partial charge in [-0.05, 0) is 36.1 Å². The molecule has 1 aliphatic carbocycles. The van der Waals surface area contributed by atoms with Crippen molar-refractivity contribution in [2.75, 3.05) is 30.5 Å². The van der Waals surface area contributed by atoms with Crippen molar-refractivity contribution in [2.24, 2.45) is 5.84 Å². The Balaban J connectivity index is 0.000000469. The number of nitrogen functional groups attached to an aromatic ring is 3. The van der Waals surface area contributed by atoms with Gasteiger partial charge < -0.3 is 26.9 Å². The van der Waals surface area contributed by atoms with E-state index in [1.807, 2.05) is 48.5 Å². The monoisotopic (exact) mass is 461 g/mol. The van der Waals surface area contributed by atoms with Crippen LogP contribution in [0.25, 0.3) is 5.57 Å². The van der Waals surface area contributed by atoms with Gasteiger partial charge in [-0.25, -0.2) is 15.8 Å². The number of ether oxygens (including phenoxy) is 1. The zero-order chi connectivity index (χ0) is 24.2. The molecule has 8 heteroatoms. The number of hydrogen-bond donors (Lipinski definition) is 5. The van der Waals surface area contributed by atoms with Gasteiger partial charge in [0.25, 0.3) is 0 Å². The van der Waals surface area contributed by atoms with Crippen LogP contribution in [0.4, 0.5) is 17.3 Å². The first-order valence-electron chi connectivity index (χ1n) is 11.6. The van der Waals surface area contributed by atoms with E-state index in [1.165, 1.54) is 32.1 Å². The highest BCUT2D eigenvalue weighted by Crippen LogP contribution is 2.33. The Morgan fingerprint density at radius 2 is 1.74 bits per heavy atom. The van der Waals surface area contributed by atoms with Crippen LogP contribution in [0.3, 0.4) is 0 Å². The molecule has 2 heterocycles. The molecular formula is C26H35N7O. The topological polar surface area (TPSA) is 137 Å². The van der Waals surface area contributed by atoms with Gasteiger partial charge in [0.15, 0.2) is 5.82 Å². The van der Waals surface area contributed by atoms with Crippen molar-refractivity contribution >= 4 is 22.9 Å². The van der Waals surface area contributed by atoms with Gasteiger partial charge in [0.05, 0.1) is 12.8 Å². The first kappa shape index (κ1) is 25.0. The fraction of sp³-hybridized carbons (Fsp3) is 0.308. The van der Waals surface area contributed by atoms with Gasteiger partial charge in [0.2, 0.25) is 5.88 Å². The van der Waals surface area contributed by atoms with Crippen LogP contribution >= 0.6 is 0 Å². The average molecular weight is 462 g/mol. The predicted octanol–water partition coefficient (Wildman–Crippen LogP) is 3.98. The molecule has 1 fully saturated rings. The number of nitrogens with zero attached hydrogens (tertiary/aromatic N) is 2. The molecule has 0 aliphatic heterocycles. The lowest BCUT2D eigenvalue weighted by atomic mass is 9.95. The maximum atomic E-state index is 6.32. The number of nitrogens with two attached hydrogens (primary N) is 3. The zero-order valence-electron chi connectivity index (χ0n) is 19.7. The summed E-state index contributed by atoms with van der Waals surface area (Å²) < 4.78 is 5.28. The molecular weight excluding hydrogens is 426 g/mol. The molecule has 180 valence electrons. The maximum Gasteiger partial charge on any atom is 0.213 e. The van der Waals surface area contributed by atoms with Gasteiger partial charge in [-0.2, -0.15) is 0 Å². The van der Waals surface area contributed by atoms with Crippen molar-refractivity contribution in [3.63, 3.8) is 0 Å². The summed E-state index contributed by atoms with van der Waals surface area (Å²) in [6, 6.07) is 18.1. The highest BCUT2D eigenvalue weighted by Gasteiger charge is 2.16. The molecule has 0 unspecified atom stereocenters. The van der Waals surface area contributed by atoms with Crippen molar-refractivity contribution in [2.45, 2.75) is 38.1 Å². The lowest BCUT2D eigenvalue weighted by molar-refractivity contribution is 0.385. The number of rotatable bonds is 7. The second kappa shape index (κ2) is 13.2. The molecule has 4 rings (SSSR count). The lowest BCUT2D eigenvalue weighted by Crippen LogP contribution is -2.31. The first-order valence-corrected chi connectivity index (χ1v) is 11.6. The zero-order valence-corrected chi connectivity index (χ0v) is 19.7. The molecule has 1 aliphatic rings. The van der Waals surface area contributed by atoms with Gasteiger partial charge in [0, 0.05) is 30.4 Å². The van der Waals surface area contributed by atoms with Crippen LogP contribution in [-0.2, 0) is 0 Å². The molecule has 34 heavy (non-hydrogen) atoms. The second-order valence-electron chi connectivity index (χ2n) is 8.10. The summed E-state index contributed by atoms with van der Waals surface area (Å²) in [5, 5.41) is 3.63. The van der Waals surface area contributed by atoms with Gasteiger partial charge in [-0.3, -0.25) is 0 Å². The summed E-state index contributed by atoms with van der Waals surface area (Å²) in [4.78, 5) is 8.35. The minimum absolute atomic E-state index is 0.337. The minimum atomic E-state index is 0.337. The Bertz CT molecular complexity index is 1020. The summed E-state index contributed by atoms with van der Waals surface area (Å²) >= 11 is 0. The third kappa shape index (κ3) is 7.19. The standard InChI is InChI=1S/C20H29N7O.C6H6/c1-28-18-11-13(7-9-25-18)15(8-10-24-14-5-3-2-4-6-14)16-12-17(21)26-20(27-23)19(16)22;1-2-4-6-5-3-1/h7-9,11-12,14,24H,2-6,10,22-23H2,1H3,(H3,21,26,27);1-6H/b15-8+;. The number of methoxy groups -OCH3 is 1. The molecule has 0 spiro atoms. The quantitative estimate of drug-likeness (QED) is 0.263. The van der Waals surface area contributed by atoms with Crippen LogP contribution in [0, 0.1) is 0 Å². The Hall–Kier alpha value is -3.62. The molecule has 0 radical (unpaired) electrons. The highest BCUT2D eigenvalue weighted by atomic mass is 16.5. The summed E-state index contributed by atoms with van der Waals surface area (Å²) in [6.07, 6.45) is 10.2. The molecule has 3 aromatic rings. The summed E-state index contributed by atoms with van der Waals surface area (Å²) in [5.41, 5.74) is 17.9. The van der Waals surface area contributed by atoms with E-state index in [4.69, 9.17) is 22.0 Å². The number of hydrazine groups is 1. The fourth-order valence-corrected chi connectivity index (χ4v) is 4.00. The van der Waals surface area contributed by atoms with Crippen LogP contribution < -0.4 is 32.8 Å². The molecule has 0 amide bonds. The molecule has 0 atom stereocenters. The van der Waals surface area contributed by atoms with Crippen LogP contribution in [-0.4, -0.2) is 29.7 Å². The smallest absolute Gasteiger partial charge is 0.213 e. The summed E-state index contributed by atoms with van der Waals surface area (Å²) in [7, 11) is 1.59. The van der Waals surface area contributed by atoms with E-state index < -0.39 is 0 Å². The van der Waals surface area contributed by atoms with Gasteiger partial charge in [-0.15, -0.1) is 0 Å². The molecule has 0 saturated heterocycles. The summed E-state index contributed by atoms with van der Waals surface area (Å²) in [5.74, 6) is 6.78. The first-order chi connectivity index (χ1) is 16.6. The Morgan fingerprint density at radius 1 is 1.06 bits per heavy atom. The minimum Gasteiger partial charge on any atom is -0.481 e. The van der Waals surface area contributed by atoms with Crippen LogP contribution in [0.5, 0.6) is 5.88 Å². The van der Waals surface area contributed by atoms with Crippen LogP contribution in [0.2, 0.25) is 0 Å². The molecule has 8 N–H and O–H groups in total. The molecule has 1 aromatic carbocycles. The summed E-state index contributed by atoms with van der Waals surface area (Å²) in [6.45, 7) is 0.720. The molecule has 1 saturated carbocycles.